The maximum Gasteiger partial charge on any atom is 0.247 e. The molecule has 1 saturated heterocycles. The number of rotatable bonds is 4. The fourth-order valence-electron chi connectivity index (χ4n) is 2.56. The van der Waals surface area contributed by atoms with Gasteiger partial charge in [-0.25, -0.2) is 17.8 Å². The summed E-state index contributed by atoms with van der Waals surface area (Å²) in [5.41, 5.74) is 0.297. The molecule has 1 amide bonds. The van der Waals surface area contributed by atoms with Crippen molar-refractivity contribution in [2.75, 3.05) is 21.9 Å². The fraction of sp³-hybridized carbons (Fsp3) is 0.333. The van der Waals surface area contributed by atoms with E-state index in [-0.39, 0.29) is 11.4 Å². The van der Waals surface area contributed by atoms with Crippen molar-refractivity contribution in [1.29, 1.82) is 0 Å². The highest BCUT2D eigenvalue weighted by Crippen LogP contribution is 2.28. The van der Waals surface area contributed by atoms with Gasteiger partial charge in [0, 0.05) is 18.9 Å². The van der Waals surface area contributed by atoms with E-state index in [0.717, 1.165) is 6.07 Å². The van der Waals surface area contributed by atoms with Gasteiger partial charge in [0.2, 0.25) is 15.9 Å². The van der Waals surface area contributed by atoms with Gasteiger partial charge in [-0.2, -0.15) is 0 Å². The van der Waals surface area contributed by atoms with E-state index in [4.69, 9.17) is 0 Å². The van der Waals surface area contributed by atoms with E-state index >= 15 is 0 Å². The summed E-state index contributed by atoms with van der Waals surface area (Å²) >= 11 is 0. The summed E-state index contributed by atoms with van der Waals surface area (Å²) in [4.78, 5) is 16.1. The molecule has 1 aliphatic rings. The zero-order valence-electron chi connectivity index (χ0n) is 13.0. The van der Waals surface area contributed by atoms with Gasteiger partial charge in [0.1, 0.15) is 11.9 Å². The smallest absolute Gasteiger partial charge is 0.247 e. The summed E-state index contributed by atoms with van der Waals surface area (Å²) in [5, 5.41) is 2.51. The molecule has 0 aliphatic carbocycles. The minimum atomic E-state index is -3.36. The highest BCUT2D eigenvalue weighted by molar-refractivity contribution is 7.93. The van der Waals surface area contributed by atoms with Crippen LogP contribution >= 0.6 is 0 Å². The Morgan fingerprint density at radius 3 is 2.83 bits per heavy atom. The number of nitrogens with zero attached hydrogens (tertiary/aromatic N) is 3. The standard InChI is InChI=1S/C15H17FN4O3S/c1-11(19-7-5-17-10-19)15(21)18-14-9-12(3-4-13(14)16)20-6-2-8-24(20,22)23/h3-5,7,9-11H,2,6,8H2,1H3,(H,18,21)/t11-/m0/s1. The summed E-state index contributed by atoms with van der Waals surface area (Å²) < 4.78 is 40.8. The maximum atomic E-state index is 14.0. The second-order valence-electron chi connectivity index (χ2n) is 5.58. The Bertz CT molecular complexity index is 852. The lowest BCUT2D eigenvalue weighted by Crippen LogP contribution is -2.26. The first-order chi connectivity index (χ1) is 11.4. The van der Waals surface area contributed by atoms with Gasteiger partial charge in [0.05, 0.1) is 23.5 Å². The van der Waals surface area contributed by atoms with Gasteiger partial charge in [-0.3, -0.25) is 9.10 Å². The van der Waals surface area contributed by atoms with Crippen molar-refractivity contribution < 1.29 is 17.6 Å². The number of nitrogens with one attached hydrogen (secondary N) is 1. The van der Waals surface area contributed by atoms with Gasteiger partial charge in [0.15, 0.2) is 0 Å². The predicted octanol–water partition coefficient (Wildman–Crippen LogP) is 1.76. The van der Waals surface area contributed by atoms with Crippen molar-refractivity contribution in [3.8, 4) is 0 Å². The van der Waals surface area contributed by atoms with E-state index in [1.165, 1.54) is 22.8 Å². The van der Waals surface area contributed by atoms with E-state index < -0.39 is 27.8 Å². The molecule has 0 radical (unpaired) electrons. The van der Waals surface area contributed by atoms with Crippen molar-refractivity contribution in [1.82, 2.24) is 9.55 Å². The summed E-state index contributed by atoms with van der Waals surface area (Å²) in [7, 11) is -3.36. The largest absolute Gasteiger partial charge is 0.325 e. The zero-order valence-corrected chi connectivity index (χ0v) is 13.8. The molecule has 1 fully saturated rings. The monoisotopic (exact) mass is 352 g/mol. The second kappa shape index (κ2) is 6.23. The Labute approximate surface area is 139 Å². The van der Waals surface area contributed by atoms with Crippen LogP contribution in [0.4, 0.5) is 15.8 Å². The molecule has 7 nitrogen and oxygen atoms in total. The third-order valence-electron chi connectivity index (χ3n) is 3.95. The lowest BCUT2D eigenvalue weighted by atomic mass is 10.2. The van der Waals surface area contributed by atoms with Crippen molar-refractivity contribution in [3.05, 3.63) is 42.7 Å². The molecule has 2 heterocycles. The molecule has 128 valence electrons. The minimum Gasteiger partial charge on any atom is -0.325 e. The maximum absolute atomic E-state index is 14.0. The predicted molar refractivity (Wildman–Crippen MR) is 87.7 cm³/mol. The van der Waals surface area contributed by atoms with Crippen LogP contribution in [0.5, 0.6) is 0 Å². The van der Waals surface area contributed by atoms with E-state index in [1.54, 1.807) is 23.9 Å². The van der Waals surface area contributed by atoms with E-state index in [2.05, 4.69) is 10.3 Å². The molecular weight excluding hydrogens is 335 g/mol. The molecule has 1 aromatic carbocycles. The first kappa shape index (κ1) is 16.4. The molecule has 1 N–H and O–H groups in total. The molecule has 1 aliphatic heterocycles. The van der Waals surface area contributed by atoms with Crippen LogP contribution in [0.3, 0.4) is 0 Å². The topological polar surface area (TPSA) is 84.3 Å². The van der Waals surface area contributed by atoms with Gasteiger partial charge >= 0.3 is 0 Å². The average molecular weight is 352 g/mol. The number of hydrogen-bond donors (Lipinski definition) is 1. The Morgan fingerprint density at radius 1 is 1.42 bits per heavy atom. The Morgan fingerprint density at radius 2 is 2.21 bits per heavy atom. The quantitative estimate of drug-likeness (QED) is 0.909. The molecule has 2 aromatic rings. The summed E-state index contributed by atoms with van der Waals surface area (Å²) in [5.74, 6) is -0.973. The molecule has 0 spiro atoms. The lowest BCUT2D eigenvalue weighted by Gasteiger charge is -2.19. The summed E-state index contributed by atoms with van der Waals surface area (Å²) in [6, 6.07) is 3.32. The van der Waals surface area contributed by atoms with Crippen LogP contribution in [0.2, 0.25) is 0 Å². The first-order valence-electron chi connectivity index (χ1n) is 7.47. The molecule has 3 rings (SSSR count). The summed E-state index contributed by atoms with van der Waals surface area (Å²) in [6.07, 6.45) is 5.20. The highest BCUT2D eigenvalue weighted by Gasteiger charge is 2.29. The van der Waals surface area contributed by atoms with E-state index in [9.17, 15) is 17.6 Å². The lowest BCUT2D eigenvalue weighted by molar-refractivity contribution is -0.118. The van der Waals surface area contributed by atoms with Crippen LogP contribution in [0.25, 0.3) is 0 Å². The molecule has 0 unspecified atom stereocenters. The van der Waals surface area contributed by atoms with Crippen LogP contribution in [-0.4, -0.2) is 36.2 Å². The van der Waals surface area contributed by atoms with Crippen LogP contribution in [0.1, 0.15) is 19.4 Å². The molecule has 1 aromatic heterocycles. The molecular formula is C15H17FN4O3S. The van der Waals surface area contributed by atoms with Crippen molar-refractivity contribution in [2.45, 2.75) is 19.4 Å². The number of carbonyl (C=O) groups is 1. The molecule has 24 heavy (non-hydrogen) atoms. The number of hydrogen-bond acceptors (Lipinski definition) is 4. The number of anilines is 2. The molecule has 9 heteroatoms. The summed E-state index contributed by atoms with van der Waals surface area (Å²) in [6.45, 7) is 2.01. The van der Waals surface area contributed by atoms with Crippen LogP contribution in [-0.2, 0) is 14.8 Å². The Kier molecular flexibility index (Phi) is 4.27. The number of amides is 1. The van der Waals surface area contributed by atoms with Gasteiger partial charge in [-0.05, 0) is 31.5 Å². The van der Waals surface area contributed by atoms with E-state index in [0.29, 0.717) is 18.7 Å². The number of aromatic nitrogens is 2. The number of carbonyl (C=O) groups excluding carboxylic acids is 1. The number of imidazole rings is 1. The Balaban J connectivity index is 1.83. The molecule has 0 saturated carbocycles. The normalized spacial score (nSPS) is 17.7. The number of benzene rings is 1. The number of sulfonamides is 1. The SMILES string of the molecule is C[C@@H](C(=O)Nc1cc(N2CCCS2(=O)=O)ccc1F)n1ccnc1. The second-order valence-corrected chi connectivity index (χ2v) is 7.59. The third-order valence-corrected chi connectivity index (χ3v) is 5.82. The number of halogens is 1. The molecule has 1 atom stereocenters. The van der Waals surface area contributed by atoms with Gasteiger partial charge < -0.3 is 9.88 Å². The van der Waals surface area contributed by atoms with Gasteiger partial charge in [0.25, 0.3) is 0 Å². The van der Waals surface area contributed by atoms with Crippen LogP contribution in [0, 0.1) is 5.82 Å². The van der Waals surface area contributed by atoms with Crippen molar-refractivity contribution in [2.24, 2.45) is 0 Å². The van der Waals surface area contributed by atoms with E-state index in [1.807, 2.05) is 0 Å². The Hall–Kier alpha value is -2.42. The average Bonchev–Trinajstić information content (AvgIpc) is 3.18. The minimum absolute atomic E-state index is 0.0495. The van der Waals surface area contributed by atoms with Gasteiger partial charge in [-0.15, -0.1) is 0 Å². The zero-order chi connectivity index (χ0) is 17.3. The fourth-order valence-corrected chi connectivity index (χ4v) is 4.12. The van der Waals surface area contributed by atoms with Crippen molar-refractivity contribution in [3.63, 3.8) is 0 Å². The van der Waals surface area contributed by atoms with Crippen LogP contribution in [0.15, 0.2) is 36.9 Å². The first-order valence-corrected chi connectivity index (χ1v) is 9.08. The highest BCUT2D eigenvalue weighted by atomic mass is 32.2. The third kappa shape index (κ3) is 3.12. The van der Waals surface area contributed by atoms with Crippen molar-refractivity contribution >= 4 is 27.3 Å². The molecule has 0 bridgehead atoms. The van der Waals surface area contributed by atoms with Gasteiger partial charge in [-0.1, -0.05) is 0 Å². The van der Waals surface area contributed by atoms with Crippen LogP contribution < -0.4 is 9.62 Å².